The van der Waals surface area contributed by atoms with E-state index in [1.165, 1.54) is 0 Å². The van der Waals surface area contributed by atoms with Crippen LogP contribution in [0.2, 0.25) is 5.54 Å². The van der Waals surface area contributed by atoms with Crippen LogP contribution in [-0.2, 0) is 31.4 Å². The zero-order valence-corrected chi connectivity index (χ0v) is 24.5. The topological polar surface area (TPSA) is 102 Å². The van der Waals surface area contributed by atoms with Crippen LogP contribution in [0.5, 0.6) is 0 Å². The molecule has 2 N–H and O–H groups in total. The van der Waals surface area contributed by atoms with Crippen LogP contribution < -0.4 is 5.73 Å². The van der Waals surface area contributed by atoms with Crippen LogP contribution in [-0.4, -0.2) is 80.5 Å². The summed E-state index contributed by atoms with van der Waals surface area (Å²) in [6.07, 6.45) is 1.51. The third-order valence-electron chi connectivity index (χ3n) is 5.50. The van der Waals surface area contributed by atoms with Crippen LogP contribution >= 0.6 is 0 Å². The monoisotopic (exact) mass is 510 g/mol. The first-order valence-corrected chi connectivity index (χ1v) is 16.1. The van der Waals surface area contributed by atoms with Gasteiger partial charge in [0.2, 0.25) is 5.91 Å². The number of primary amides is 1. The molecule has 3 atom stereocenters. The zero-order chi connectivity index (χ0) is 25.5. The van der Waals surface area contributed by atoms with Crippen LogP contribution in [0.3, 0.4) is 0 Å². The molecular weight excluding hydrogens is 460 g/mol. The minimum absolute atomic E-state index is 0.0735. The van der Waals surface area contributed by atoms with Gasteiger partial charge in [-0.1, -0.05) is 20.8 Å². The zero-order valence-electron chi connectivity index (χ0n) is 22.5. The first kappa shape index (κ1) is 32.6. The summed E-state index contributed by atoms with van der Waals surface area (Å²) in [6, 6.07) is -0.121. The van der Waals surface area contributed by atoms with Crippen molar-refractivity contribution in [2.45, 2.75) is 86.7 Å². The molecule has 0 aliphatic heterocycles. The summed E-state index contributed by atoms with van der Waals surface area (Å²) in [5, 5.41) is 0. The molecule has 0 aromatic rings. The van der Waals surface area contributed by atoms with Crippen molar-refractivity contribution in [1.29, 1.82) is 0 Å². The molecule has 0 heterocycles. The number of nitrogens with zero attached hydrogens (tertiary/aromatic N) is 1. The van der Waals surface area contributed by atoms with Crippen molar-refractivity contribution in [3.05, 3.63) is 0 Å². The Morgan fingerprint density at radius 2 is 1.12 bits per heavy atom. The quantitative estimate of drug-likeness (QED) is 0.234. The summed E-state index contributed by atoms with van der Waals surface area (Å²) in [5.41, 5.74) is 5.62. The first-order valence-electron chi connectivity index (χ1n) is 12.6. The van der Waals surface area contributed by atoms with Crippen LogP contribution in [0, 0.1) is 5.92 Å². The molecule has 9 nitrogen and oxygen atoms in total. The smallest absolute Gasteiger partial charge is 0.374 e. The van der Waals surface area contributed by atoms with Gasteiger partial charge in [-0.25, -0.2) is 0 Å². The van der Waals surface area contributed by atoms with Gasteiger partial charge in [-0.15, -0.1) is 0 Å². The number of carbonyl (C=O) groups excluding carboxylic acids is 1. The van der Waals surface area contributed by atoms with Gasteiger partial charge in [0.05, 0.1) is 0 Å². The Hall–Kier alpha value is -0.376. The van der Waals surface area contributed by atoms with Gasteiger partial charge in [-0.2, -0.15) is 0 Å². The highest BCUT2D eigenvalue weighted by Crippen LogP contribution is 2.39. The summed E-state index contributed by atoms with van der Waals surface area (Å²) < 4.78 is 39.9. The second-order valence-electron chi connectivity index (χ2n) is 7.67. The van der Waals surface area contributed by atoms with Crippen LogP contribution in [0.25, 0.3) is 0 Å². The lowest BCUT2D eigenvalue weighted by molar-refractivity contribution is -0.122. The fraction of sp³-hybridized carbons (Fsp3) is 0.955. The Labute approximate surface area is 204 Å². The van der Waals surface area contributed by atoms with E-state index in [0.717, 1.165) is 12.8 Å². The SMILES string of the molecule is CCO[Si](OCC)(OCC)C(CC)C(CC)N(CC(C)C(N)=O)[Si](OCC)(OCC)OCC. The van der Waals surface area contributed by atoms with Crippen molar-refractivity contribution in [3.63, 3.8) is 0 Å². The maximum atomic E-state index is 12.1. The van der Waals surface area contributed by atoms with Crippen molar-refractivity contribution in [2.24, 2.45) is 11.7 Å². The van der Waals surface area contributed by atoms with Crippen LogP contribution in [0.1, 0.15) is 75.2 Å². The Morgan fingerprint density at radius 3 is 1.39 bits per heavy atom. The summed E-state index contributed by atoms with van der Waals surface area (Å²) in [7, 11) is -6.46. The van der Waals surface area contributed by atoms with Gasteiger partial charge in [0.25, 0.3) is 0 Å². The minimum Gasteiger partial charge on any atom is -0.374 e. The third kappa shape index (κ3) is 8.97. The van der Waals surface area contributed by atoms with Gasteiger partial charge >= 0.3 is 17.8 Å². The van der Waals surface area contributed by atoms with Gasteiger partial charge in [0.1, 0.15) is 0 Å². The van der Waals surface area contributed by atoms with Crippen molar-refractivity contribution >= 4 is 23.7 Å². The Bertz CT molecular complexity index is 497. The van der Waals surface area contributed by atoms with Crippen molar-refractivity contribution in [3.8, 4) is 0 Å². The molecule has 0 rings (SSSR count). The highest BCUT2D eigenvalue weighted by Gasteiger charge is 2.59. The molecule has 0 fully saturated rings. The number of rotatable bonds is 21. The molecule has 0 saturated heterocycles. The molecule has 0 spiro atoms. The molecule has 0 aliphatic rings. The summed E-state index contributed by atoms with van der Waals surface area (Å²) in [6.45, 7) is 20.8. The van der Waals surface area contributed by atoms with Gasteiger partial charge in [-0.3, -0.25) is 9.36 Å². The number of nitrogens with two attached hydrogens (primary N) is 1. The molecule has 1 amide bonds. The maximum Gasteiger partial charge on any atom is 0.599 e. The van der Waals surface area contributed by atoms with E-state index in [-0.39, 0.29) is 17.5 Å². The first-order chi connectivity index (χ1) is 15.7. The van der Waals surface area contributed by atoms with E-state index in [1.807, 2.05) is 48.5 Å². The number of hydrogen-bond donors (Lipinski definition) is 1. The molecule has 0 aliphatic carbocycles. The molecule has 11 heteroatoms. The van der Waals surface area contributed by atoms with E-state index >= 15 is 0 Å². The normalized spacial score (nSPS) is 15.6. The summed E-state index contributed by atoms with van der Waals surface area (Å²) in [5.74, 6) is -0.801. The fourth-order valence-corrected chi connectivity index (χ4v) is 11.0. The highest BCUT2D eigenvalue weighted by molar-refractivity contribution is 6.63. The van der Waals surface area contributed by atoms with Gasteiger partial charge < -0.3 is 32.3 Å². The van der Waals surface area contributed by atoms with Gasteiger partial charge in [0, 0.05) is 63.7 Å². The van der Waals surface area contributed by atoms with Gasteiger partial charge in [0.15, 0.2) is 0 Å². The molecule has 0 saturated carbocycles. The van der Waals surface area contributed by atoms with E-state index in [1.54, 1.807) is 0 Å². The number of carbonyl (C=O) groups is 1. The molecule has 33 heavy (non-hydrogen) atoms. The number of hydrogen-bond acceptors (Lipinski definition) is 8. The lowest BCUT2D eigenvalue weighted by Crippen LogP contribution is -2.68. The standard InChI is InChI=1S/C22H50N2O7Si2/c1-10-20(21(11-2)32(26-12-3,27-13-4)28-14-5)24(18-19(9)22(23)25)33(29-15-6,30-16-7)31-17-8/h19-21H,10-18H2,1-9H3,(H2,23,25). The number of amides is 1. The predicted molar refractivity (Wildman–Crippen MR) is 134 cm³/mol. The van der Waals surface area contributed by atoms with Gasteiger partial charge in [-0.05, 0) is 54.4 Å². The van der Waals surface area contributed by atoms with E-state index < -0.39 is 23.7 Å². The lowest BCUT2D eigenvalue weighted by atomic mass is 10.1. The van der Waals surface area contributed by atoms with Crippen molar-refractivity contribution < 1.29 is 31.4 Å². The molecular formula is C22H50N2O7Si2. The predicted octanol–water partition coefficient (Wildman–Crippen LogP) is 3.56. The largest absolute Gasteiger partial charge is 0.599 e. The van der Waals surface area contributed by atoms with Crippen LogP contribution in [0.4, 0.5) is 0 Å². The maximum absolute atomic E-state index is 12.1. The fourth-order valence-electron chi connectivity index (χ4n) is 4.29. The second-order valence-corrected chi connectivity index (χ2v) is 13.0. The van der Waals surface area contributed by atoms with Crippen LogP contribution in [0.15, 0.2) is 0 Å². The van der Waals surface area contributed by atoms with E-state index in [4.69, 9.17) is 32.3 Å². The average Bonchev–Trinajstić information content (AvgIpc) is 2.76. The third-order valence-corrected chi connectivity index (χ3v) is 12.5. The Balaban J connectivity index is 6.82. The molecule has 0 radical (unpaired) electrons. The molecule has 0 aromatic heterocycles. The Kier molecular flexibility index (Phi) is 16.9. The molecule has 0 bridgehead atoms. The van der Waals surface area contributed by atoms with E-state index in [0.29, 0.717) is 46.2 Å². The molecule has 0 aromatic carbocycles. The van der Waals surface area contributed by atoms with Crippen molar-refractivity contribution in [1.82, 2.24) is 4.57 Å². The Morgan fingerprint density at radius 1 is 0.727 bits per heavy atom. The van der Waals surface area contributed by atoms with E-state index in [2.05, 4.69) is 18.4 Å². The average molecular weight is 511 g/mol. The second kappa shape index (κ2) is 17.1. The minimum atomic E-state index is -3.36. The lowest BCUT2D eigenvalue weighted by Gasteiger charge is -2.48. The summed E-state index contributed by atoms with van der Waals surface area (Å²) in [4.78, 5) is 12.1. The summed E-state index contributed by atoms with van der Waals surface area (Å²) >= 11 is 0. The molecule has 198 valence electrons. The van der Waals surface area contributed by atoms with E-state index in [9.17, 15) is 4.79 Å². The molecule has 3 unspecified atom stereocenters. The highest BCUT2D eigenvalue weighted by atomic mass is 28.4. The van der Waals surface area contributed by atoms with Crippen molar-refractivity contribution in [2.75, 3.05) is 46.2 Å².